The molecular weight excluding hydrogens is 378 g/mol. The highest BCUT2D eigenvalue weighted by Crippen LogP contribution is 2.23. The van der Waals surface area contributed by atoms with Gasteiger partial charge in [0.15, 0.2) is 0 Å². The average Bonchev–Trinajstić information content (AvgIpc) is 3.16. The lowest BCUT2D eigenvalue weighted by Crippen LogP contribution is -2.53. The molecule has 7 heteroatoms. The van der Waals surface area contributed by atoms with Crippen molar-refractivity contribution >= 4 is 23.4 Å². The van der Waals surface area contributed by atoms with Gasteiger partial charge in [0.05, 0.1) is 6.61 Å². The second-order valence-corrected chi connectivity index (χ2v) is 8.17. The molecule has 0 aromatic heterocycles. The number of ether oxygens (including phenoxy) is 1. The summed E-state index contributed by atoms with van der Waals surface area (Å²) in [6, 6.07) is 5.23. The van der Waals surface area contributed by atoms with E-state index in [4.69, 9.17) is 16.3 Å². The topological polar surface area (TPSA) is 53.1 Å². The quantitative estimate of drug-likeness (QED) is 0.680. The molecule has 2 fully saturated rings. The number of carbonyl (C=O) groups excluding carboxylic acids is 2. The monoisotopic (exact) mass is 407 g/mol. The van der Waals surface area contributed by atoms with Gasteiger partial charge in [0.2, 0.25) is 11.8 Å². The molecule has 0 N–H and O–H groups in total. The summed E-state index contributed by atoms with van der Waals surface area (Å²) in [5.41, 5.74) is 0.983. The second-order valence-electron chi connectivity index (χ2n) is 7.74. The van der Waals surface area contributed by atoms with Crippen LogP contribution in [0, 0.1) is 6.92 Å². The molecule has 0 bridgehead atoms. The molecule has 154 valence electrons. The molecule has 28 heavy (non-hydrogen) atoms. The van der Waals surface area contributed by atoms with Crippen LogP contribution in [-0.2, 0) is 9.59 Å². The van der Waals surface area contributed by atoms with Crippen LogP contribution in [0.25, 0.3) is 0 Å². The van der Waals surface area contributed by atoms with Crippen molar-refractivity contribution in [3.05, 3.63) is 28.8 Å². The molecule has 0 aliphatic carbocycles. The van der Waals surface area contributed by atoms with Gasteiger partial charge in [-0.1, -0.05) is 11.6 Å². The minimum absolute atomic E-state index is 0.0569. The highest BCUT2D eigenvalue weighted by atomic mass is 35.5. The predicted octanol–water partition coefficient (Wildman–Crippen LogP) is 2.57. The second kappa shape index (κ2) is 9.61. The van der Waals surface area contributed by atoms with E-state index in [0.717, 1.165) is 50.3 Å². The number of amides is 2. The number of hydrogen-bond acceptors (Lipinski definition) is 4. The first kappa shape index (κ1) is 20.9. The van der Waals surface area contributed by atoms with E-state index in [2.05, 4.69) is 11.9 Å². The number of halogens is 1. The zero-order chi connectivity index (χ0) is 20.1. The van der Waals surface area contributed by atoms with Crippen molar-refractivity contribution in [3.63, 3.8) is 0 Å². The number of rotatable bonds is 6. The minimum Gasteiger partial charge on any atom is -0.493 e. The Hall–Kier alpha value is -1.79. The summed E-state index contributed by atoms with van der Waals surface area (Å²) in [6.45, 7) is 6.40. The van der Waals surface area contributed by atoms with Gasteiger partial charge in [-0.2, -0.15) is 0 Å². The molecule has 3 rings (SSSR count). The molecule has 2 aliphatic rings. The molecule has 1 aromatic carbocycles. The fourth-order valence-electron chi connectivity index (χ4n) is 3.88. The summed E-state index contributed by atoms with van der Waals surface area (Å²) in [5.74, 6) is 0.967. The molecule has 6 nitrogen and oxygen atoms in total. The van der Waals surface area contributed by atoms with Gasteiger partial charge in [0.1, 0.15) is 11.8 Å². The molecule has 1 unspecified atom stereocenters. The third kappa shape index (κ3) is 5.17. The fraction of sp³-hybridized carbons (Fsp3) is 0.619. The Morgan fingerprint density at radius 1 is 1.18 bits per heavy atom. The van der Waals surface area contributed by atoms with Gasteiger partial charge in [0, 0.05) is 44.2 Å². The third-order valence-electron chi connectivity index (χ3n) is 5.60. The molecule has 2 heterocycles. The molecule has 1 atom stereocenters. The van der Waals surface area contributed by atoms with Gasteiger partial charge >= 0.3 is 0 Å². The summed E-state index contributed by atoms with van der Waals surface area (Å²) in [7, 11) is 2.07. The van der Waals surface area contributed by atoms with Crippen molar-refractivity contribution in [3.8, 4) is 5.75 Å². The van der Waals surface area contributed by atoms with Crippen LogP contribution in [0.5, 0.6) is 5.75 Å². The zero-order valence-corrected chi connectivity index (χ0v) is 17.6. The number of likely N-dealkylation sites (tertiary alicyclic amines) is 1. The van der Waals surface area contributed by atoms with Gasteiger partial charge in [-0.05, 0) is 57.0 Å². The maximum Gasteiger partial charge on any atom is 0.245 e. The lowest BCUT2D eigenvalue weighted by Gasteiger charge is -2.35. The lowest BCUT2D eigenvalue weighted by molar-refractivity contribution is -0.144. The lowest BCUT2D eigenvalue weighted by atomic mass is 10.1. The Kier molecular flexibility index (Phi) is 7.18. The molecule has 0 saturated carbocycles. The Labute approximate surface area is 172 Å². The van der Waals surface area contributed by atoms with Crippen LogP contribution in [0.4, 0.5) is 0 Å². The van der Waals surface area contributed by atoms with E-state index in [9.17, 15) is 9.59 Å². The van der Waals surface area contributed by atoms with Crippen molar-refractivity contribution in [2.45, 2.75) is 38.6 Å². The first-order valence-electron chi connectivity index (χ1n) is 10.1. The summed E-state index contributed by atoms with van der Waals surface area (Å²) in [6.07, 6.45) is 2.71. The SMILES string of the molecule is Cc1cc(Cl)ccc1OCCCC(=O)N1CCCC1C(=O)N1CCN(C)CC1. The third-order valence-corrected chi connectivity index (χ3v) is 5.84. The van der Waals surface area contributed by atoms with Crippen LogP contribution in [0.15, 0.2) is 18.2 Å². The van der Waals surface area contributed by atoms with Crippen LogP contribution >= 0.6 is 11.6 Å². The van der Waals surface area contributed by atoms with Gasteiger partial charge in [0.25, 0.3) is 0 Å². The first-order chi connectivity index (χ1) is 13.5. The van der Waals surface area contributed by atoms with Crippen LogP contribution in [-0.4, -0.2) is 78.9 Å². The van der Waals surface area contributed by atoms with E-state index in [1.165, 1.54) is 0 Å². The van der Waals surface area contributed by atoms with E-state index in [1.807, 2.05) is 24.0 Å². The molecule has 2 amide bonds. The van der Waals surface area contributed by atoms with Gasteiger partial charge in [-0.15, -0.1) is 0 Å². The Bertz CT molecular complexity index is 704. The molecule has 1 aromatic rings. The summed E-state index contributed by atoms with van der Waals surface area (Å²) in [5, 5.41) is 0.685. The molecular formula is C21H30ClN3O3. The van der Waals surface area contributed by atoms with Crippen LogP contribution < -0.4 is 4.74 Å². The van der Waals surface area contributed by atoms with Gasteiger partial charge in [-0.25, -0.2) is 0 Å². The molecule has 2 aliphatic heterocycles. The van der Waals surface area contributed by atoms with E-state index in [-0.39, 0.29) is 17.9 Å². The standard InChI is InChI=1S/C21H30ClN3O3/c1-16-15-17(22)7-8-19(16)28-14-4-6-20(26)25-9-3-5-18(25)21(27)24-12-10-23(2)11-13-24/h7-8,15,18H,3-6,9-14H2,1-2H3. The minimum atomic E-state index is -0.282. The van der Waals surface area contributed by atoms with Crippen molar-refractivity contribution in [2.75, 3.05) is 46.4 Å². The smallest absolute Gasteiger partial charge is 0.245 e. The summed E-state index contributed by atoms with van der Waals surface area (Å²) in [4.78, 5) is 31.5. The van der Waals surface area contributed by atoms with Crippen LogP contribution in [0.1, 0.15) is 31.2 Å². The highest BCUT2D eigenvalue weighted by Gasteiger charge is 2.36. The predicted molar refractivity (Wildman–Crippen MR) is 110 cm³/mol. The molecule has 2 saturated heterocycles. The van der Waals surface area contributed by atoms with Crippen molar-refractivity contribution in [1.29, 1.82) is 0 Å². The Balaban J connectivity index is 1.46. The van der Waals surface area contributed by atoms with E-state index in [0.29, 0.717) is 31.0 Å². The summed E-state index contributed by atoms with van der Waals surface area (Å²) >= 11 is 5.96. The molecule has 0 spiro atoms. The number of benzene rings is 1. The number of carbonyl (C=O) groups is 2. The number of aryl methyl sites for hydroxylation is 1. The molecule has 0 radical (unpaired) electrons. The van der Waals surface area contributed by atoms with Gasteiger partial charge < -0.3 is 19.4 Å². The Morgan fingerprint density at radius 2 is 1.93 bits per heavy atom. The number of nitrogens with zero attached hydrogens (tertiary/aromatic N) is 3. The van der Waals surface area contributed by atoms with Crippen molar-refractivity contribution in [2.24, 2.45) is 0 Å². The normalized spacial score (nSPS) is 20.5. The zero-order valence-electron chi connectivity index (χ0n) is 16.8. The van der Waals surface area contributed by atoms with E-state index >= 15 is 0 Å². The van der Waals surface area contributed by atoms with E-state index < -0.39 is 0 Å². The van der Waals surface area contributed by atoms with Gasteiger partial charge in [-0.3, -0.25) is 9.59 Å². The average molecular weight is 408 g/mol. The number of likely N-dealkylation sites (N-methyl/N-ethyl adjacent to an activating group) is 1. The van der Waals surface area contributed by atoms with Crippen molar-refractivity contribution in [1.82, 2.24) is 14.7 Å². The maximum absolute atomic E-state index is 12.9. The fourth-order valence-corrected chi connectivity index (χ4v) is 4.11. The number of piperazine rings is 1. The Morgan fingerprint density at radius 3 is 2.64 bits per heavy atom. The van der Waals surface area contributed by atoms with Crippen LogP contribution in [0.2, 0.25) is 5.02 Å². The number of hydrogen-bond donors (Lipinski definition) is 0. The van der Waals surface area contributed by atoms with E-state index in [1.54, 1.807) is 11.0 Å². The first-order valence-corrected chi connectivity index (χ1v) is 10.5. The van der Waals surface area contributed by atoms with Crippen molar-refractivity contribution < 1.29 is 14.3 Å². The summed E-state index contributed by atoms with van der Waals surface area (Å²) < 4.78 is 5.78. The van der Waals surface area contributed by atoms with Crippen LogP contribution in [0.3, 0.4) is 0 Å². The largest absolute Gasteiger partial charge is 0.493 e. The maximum atomic E-state index is 12.9. The highest BCUT2D eigenvalue weighted by molar-refractivity contribution is 6.30.